The van der Waals surface area contributed by atoms with Gasteiger partial charge in [-0.2, -0.15) is 0 Å². The minimum atomic E-state index is -2.64. The van der Waals surface area contributed by atoms with Gasteiger partial charge >= 0.3 is 0 Å². The number of rotatable bonds is 14. The number of hydrogen-bond acceptors (Lipinski definition) is 1. The maximum atomic E-state index is 7.63. The lowest BCUT2D eigenvalue weighted by Crippen LogP contribution is -2.66. The molecule has 0 aromatic heterocycles. The highest BCUT2D eigenvalue weighted by molar-refractivity contribution is 9.09. The van der Waals surface area contributed by atoms with Gasteiger partial charge in [0.1, 0.15) is 0 Å². The summed E-state index contributed by atoms with van der Waals surface area (Å²) in [6.45, 7) is 9.39. The van der Waals surface area contributed by atoms with Crippen LogP contribution in [-0.4, -0.2) is 13.6 Å². The highest BCUT2D eigenvalue weighted by atomic mass is 79.9. The van der Waals surface area contributed by atoms with Crippen molar-refractivity contribution in [2.45, 2.75) is 83.8 Å². The van der Waals surface area contributed by atoms with E-state index in [1.54, 1.807) is 0 Å². The van der Waals surface area contributed by atoms with E-state index in [1.165, 1.54) is 53.6 Å². The fourth-order valence-electron chi connectivity index (χ4n) is 5.22. The molecular weight excluding hydrogens is 532 g/mol. The molecule has 0 heterocycles. The maximum absolute atomic E-state index is 7.63. The van der Waals surface area contributed by atoms with E-state index in [2.05, 4.69) is 141 Å². The zero-order chi connectivity index (χ0) is 26.6. The molecule has 1 atom stereocenters. The van der Waals surface area contributed by atoms with Crippen LogP contribution in [0.5, 0.6) is 0 Å². The third-order valence-electron chi connectivity index (χ3n) is 7.15. The first-order chi connectivity index (χ1) is 17.9. The van der Waals surface area contributed by atoms with Gasteiger partial charge in [-0.25, -0.2) is 0 Å². The number of hydrogen-bond donors (Lipinski definition) is 0. The van der Waals surface area contributed by atoms with Crippen LogP contribution < -0.4 is 10.4 Å². The van der Waals surface area contributed by atoms with E-state index in [1.807, 2.05) is 0 Å². The molecule has 0 saturated carbocycles. The first kappa shape index (κ1) is 29.6. The molecule has 1 nitrogen and oxygen atoms in total. The van der Waals surface area contributed by atoms with E-state index >= 15 is 0 Å². The molecule has 3 aromatic rings. The van der Waals surface area contributed by atoms with Gasteiger partial charge in [-0.1, -0.05) is 154 Å². The average molecular weight is 578 g/mol. The standard InChI is InChI=1S/C34H45BrOSi/c1-5-6-11-26-33(30-21-18-20-29(28-30)19-12-7-8-17-27-35)36-37(34(2,3)4,31-22-13-9-14-23-31)32-24-15-10-16-25-32/h9-10,12-16,18-25,28,33H,5-8,11,17,26-27H2,1-4H3/b19-12-. The second-order valence-electron chi connectivity index (χ2n) is 11.0. The fraction of sp³-hybridized carbons (Fsp3) is 0.412. The van der Waals surface area contributed by atoms with Gasteiger partial charge in [0.15, 0.2) is 0 Å². The van der Waals surface area contributed by atoms with Crippen LogP contribution in [0.25, 0.3) is 6.08 Å². The molecule has 0 spiro atoms. The molecule has 0 aliphatic heterocycles. The Morgan fingerprint density at radius 3 is 2.03 bits per heavy atom. The smallest absolute Gasteiger partial charge is 0.261 e. The van der Waals surface area contributed by atoms with Crippen molar-refractivity contribution < 1.29 is 4.43 Å². The van der Waals surface area contributed by atoms with Crippen molar-refractivity contribution in [1.82, 2.24) is 0 Å². The number of benzene rings is 3. The summed E-state index contributed by atoms with van der Waals surface area (Å²) in [4.78, 5) is 0. The van der Waals surface area contributed by atoms with Crippen molar-refractivity contribution in [2.75, 3.05) is 5.33 Å². The Balaban J connectivity index is 2.06. The van der Waals surface area contributed by atoms with Crippen LogP contribution in [0, 0.1) is 0 Å². The minimum Gasteiger partial charge on any atom is -0.400 e. The summed E-state index contributed by atoms with van der Waals surface area (Å²) in [6, 6.07) is 31.1. The fourth-order valence-corrected chi connectivity index (χ4v) is 10.3. The van der Waals surface area contributed by atoms with E-state index in [4.69, 9.17) is 4.43 Å². The van der Waals surface area contributed by atoms with Gasteiger partial charge in [0.25, 0.3) is 8.32 Å². The summed E-state index contributed by atoms with van der Waals surface area (Å²) in [6.07, 6.45) is 12.9. The highest BCUT2D eigenvalue weighted by Gasteiger charge is 2.51. The van der Waals surface area contributed by atoms with Gasteiger partial charge < -0.3 is 4.43 Å². The summed E-state index contributed by atoms with van der Waals surface area (Å²) in [7, 11) is -2.64. The number of allylic oxidation sites excluding steroid dienone is 1. The Labute approximate surface area is 235 Å². The molecule has 0 aliphatic rings. The van der Waals surface area contributed by atoms with Crippen LogP contribution in [-0.2, 0) is 4.43 Å². The van der Waals surface area contributed by atoms with Gasteiger partial charge in [-0.05, 0) is 58.3 Å². The van der Waals surface area contributed by atoms with E-state index in [0.29, 0.717) is 0 Å². The van der Waals surface area contributed by atoms with Crippen LogP contribution >= 0.6 is 15.9 Å². The first-order valence-electron chi connectivity index (χ1n) is 14.0. The number of halogens is 1. The molecule has 3 aromatic carbocycles. The molecule has 0 aliphatic carbocycles. The molecule has 0 bridgehead atoms. The van der Waals surface area contributed by atoms with Gasteiger partial charge in [-0.15, -0.1) is 0 Å². The monoisotopic (exact) mass is 576 g/mol. The quantitative estimate of drug-likeness (QED) is 0.105. The lowest BCUT2D eigenvalue weighted by molar-refractivity contribution is 0.176. The minimum absolute atomic E-state index is 0.0361. The second-order valence-corrected chi connectivity index (χ2v) is 16.1. The van der Waals surface area contributed by atoms with Crippen molar-refractivity contribution in [2.24, 2.45) is 0 Å². The Kier molecular flexibility index (Phi) is 11.9. The van der Waals surface area contributed by atoms with Crippen LogP contribution in [0.1, 0.15) is 89.9 Å². The molecule has 0 N–H and O–H groups in total. The van der Waals surface area contributed by atoms with Crippen molar-refractivity contribution in [3.05, 3.63) is 102 Å². The highest BCUT2D eigenvalue weighted by Crippen LogP contribution is 2.41. The largest absolute Gasteiger partial charge is 0.400 e. The van der Waals surface area contributed by atoms with Crippen molar-refractivity contribution in [3.8, 4) is 0 Å². The van der Waals surface area contributed by atoms with Crippen molar-refractivity contribution >= 4 is 40.7 Å². The molecule has 3 heteroatoms. The summed E-state index contributed by atoms with van der Waals surface area (Å²) in [5.41, 5.74) is 2.56. The van der Waals surface area contributed by atoms with Crippen LogP contribution in [0.4, 0.5) is 0 Å². The summed E-state index contributed by atoms with van der Waals surface area (Å²) in [5, 5.41) is 3.73. The maximum Gasteiger partial charge on any atom is 0.261 e. The van der Waals surface area contributed by atoms with Crippen LogP contribution in [0.2, 0.25) is 5.04 Å². The Morgan fingerprint density at radius 2 is 1.46 bits per heavy atom. The summed E-state index contributed by atoms with van der Waals surface area (Å²) in [5.74, 6) is 0. The summed E-state index contributed by atoms with van der Waals surface area (Å²) < 4.78 is 7.63. The van der Waals surface area contributed by atoms with Gasteiger partial charge in [0, 0.05) is 5.33 Å². The second kappa shape index (κ2) is 14.9. The molecule has 198 valence electrons. The topological polar surface area (TPSA) is 9.23 Å². The molecule has 1 unspecified atom stereocenters. The Bertz CT molecular complexity index is 1030. The van der Waals surface area contributed by atoms with E-state index in [9.17, 15) is 0 Å². The zero-order valence-corrected chi connectivity index (χ0v) is 25.8. The van der Waals surface area contributed by atoms with E-state index in [-0.39, 0.29) is 11.1 Å². The molecule has 0 fully saturated rings. The van der Waals surface area contributed by atoms with Crippen LogP contribution in [0.3, 0.4) is 0 Å². The van der Waals surface area contributed by atoms with Crippen molar-refractivity contribution in [3.63, 3.8) is 0 Å². The van der Waals surface area contributed by atoms with Gasteiger partial charge in [0.2, 0.25) is 0 Å². The molecule has 37 heavy (non-hydrogen) atoms. The number of unbranched alkanes of at least 4 members (excludes halogenated alkanes) is 4. The molecule has 3 rings (SSSR count). The SMILES string of the molecule is CCCCCC(O[Si](c1ccccc1)(c1ccccc1)C(C)(C)C)c1cccc(/C=C\CCCCBr)c1. The van der Waals surface area contributed by atoms with Crippen LogP contribution in [0.15, 0.2) is 91.0 Å². The predicted molar refractivity (Wildman–Crippen MR) is 169 cm³/mol. The zero-order valence-electron chi connectivity index (χ0n) is 23.3. The predicted octanol–water partition coefficient (Wildman–Crippen LogP) is 9.46. The molecule has 0 saturated heterocycles. The molecule has 0 radical (unpaired) electrons. The normalized spacial score (nSPS) is 13.2. The van der Waals surface area contributed by atoms with E-state index in [0.717, 1.165) is 18.2 Å². The summed E-state index contributed by atoms with van der Waals surface area (Å²) >= 11 is 3.53. The average Bonchev–Trinajstić information content (AvgIpc) is 2.91. The lowest BCUT2D eigenvalue weighted by atomic mass is 10.0. The van der Waals surface area contributed by atoms with E-state index < -0.39 is 8.32 Å². The van der Waals surface area contributed by atoms with Crippen molar-refractivity contribution in [1.29, 1.82) is 0 Å². The third kappa shape index (κ3) is 8.02. The first-order valence-corrected chi connectivity index (χ1v) is 17.1. The Hall–Kier alpha value is -1.94. The van der Waals surface area contributed by atoms with Gasteiger partial charge in [-0.3, -0.25) is 0 Å². The number of alkyl halides is 1. The Morgan fingerprint density at radius 1 is 0.811 bits per heavy atom. The lowest BCUT2D eigenvalue weighted by Gasteiger charge is -2.45. The van der Waals surface area contributed by atoms with Gasteiger partial charge in [0.05, 0.1) is 6.10 Å². The third-order valence-corrected chi connectivity index (χ3v) is 12.8. The molecule has 0 amide bonds. The molecular formula is C34H45BrOSi.